The highest BCUT2D eigenvalue weighted by Gasteiger charge is 1.98. The molecule has 0 bridgehead atoms. The Bertz CT molecular complexity index is 414. The van der Waals surface area contributed by atoms with Crippen LogP contribution in [0.2, 0.25) is 0 Å². The van der Waals surface area contributed by atoms with Crippen molar-refractivity contribution in [3.63, 3.8) is 0 Å². The van der Waals surface area contributed by atoms with Gasteiger partial charge in [0, 0.05) is 12.7 Å². The molecular formula is C11H12N2OS. The van der Waals surface area contributed by atoms with Crippen molar-refractivity contribution in [2.75, 3.05) is 0 Å². The van der Waals surface area contributed by atoms with Crippen LogP contribution in [0.3, 0.4) is 0 Å². The summed E-state index contributed by atoms with van der Waals surface area (Å²) in [7, 11) is 0. The highest BCUT2D eigenvalue weighted by atomic mass is 32.1. The average molecular weight is 220 g/mol. The third kappa shape index (κ3) is 2.78. The number of benzene rings is 1. The van der Waals surface area contributed by atoms with Gasteiger partial charge in [-0.1, -0.05) is 12.1 Å². The van der Waals surface area contributed by atoms with Crippen molar-refractivity contribution in [2.45, 2.75) is 13.2 Å². The first-order valence-corrected chi connectivity index (χ1v) is 5.55. The van der Waals surface area contributed by atoms with Crippen LogP contribution in [0.5, 0.6) is 5.75 Å². The van der Waals surface area contributed by atoms with Crippen molar-refractivity contribution >= 4 is 11.3 Å². The molecule has 0 amide bonds. The Labute approximate surface area is 92.5 Å². The number of rotatable bonds is 4. The zero-order chi connectivity index (χ0) is 10.5. The van der Waals surface area contributed by atoms with E-state index in [9.17, 15) is 0 Å². The number of thiazole rings is 1. The van der Waals surface area contributed by atoms with E-state index < -0.39 is 0 Å². The van der Waals surface area contributed by atoms with Gasteiger partial charge in [-0.3, -0.25) is 4.98 Å². The Hall–Kier alpha value is -1.39. The molecule has 1 aromatic carbocycles. The quantitative estimate of drug-likeness (QED) is 0.859. The Balaban J connectivity index is 1.98. The summed E-state index contributed by atoms with van der Waals surface area (Å²) in [5.74, 6) is 0.853. The highest BCUT2D eigenvalue weighted by Crippen LogP contribution is 2.15. The van der Waals surface area contributed by atoms with E-state index in [-0.39, 0.29) is 0 Å². The van der Waals surface area contributed by atoms with Crippen LogP contribution in [0, 0.1) is 0 Å². The molecule has 2 N–H and O–H groups in total. The predicted octanol–water partition coefficient (Wildman–Crippen LogP) is 2.18. The lowest BCUT2D eigenvalue weighted by molar-refractivity contribution is 0.309. The minimum absolute atomic E-state index is 0.539. The summed E-state index contributed by atoms with van der Waals surface area (Å²) in [5.41, 5.74) is 8.43. The van der Waals surface area contributed by atoms with Crippen LogP contribution in [-0.4, -0.2) is 4.98 Å². The number of nitrogens with zero attached hydrogens (tertiary/aromatic N) is 1. The fourth-order valence-corrected chi connectivity index (χ4v) is 1.74. The normalized spacial score (nSPS) is 10.2. The Morgan fingerprint density at radius 2 is 2.33 bits per heavy atom. The first kappa shape index (κ1) is 10.1. The molecule has 0 fully saturated rings. The predicted molar refractivity (Wildman–Crippen MR) is 60.8 cm³/mol. The number of ether oxygens (including phenoxy) is 1. The minimum Gasteiger partial charge on any atom is -0.488 e. The van der Waals surface area contributed by atoms with Crippen molar-refractivity contribution in [1.82, 2.24) is 4.98 Å². The second-order valence-electron chi connectivity index (χ2n) is 3.11. The van der Waals surface area contributed by atoms with Crippen LogP contribution in [0.4, 0.5) is 0 Å². The Morgan fingerprint density at radius 1 is 1.40 bits per heavy atom. The molecule has 0 unspecified atom stereocenters. The topological polar surface area (TPSA) is 48.1 Å². The van der Waals surface area contributed by atoms with Crippen LogP contribution in [0.25, 0.3) is 0 Å². The fraction of sp³-hybridized carbons (Fsp3) is 0.182. The molecule has 3 nitrogen and oxygen atoms in total. The summed E-state index contributed by atoms with van der Waals surface area (Å²) in [6.45, 7) is 1.11. The third-order valence-corrected chi connectivity index (χ3v) is 2.75. The molecule has 4 heteroatoms. The molecule has 1 aromatic heterocycles. The van der Waals surface area contributed by atoms with Crippen LogP contribution in [-0.2, 0) is 13.2 Å². The van der Waals surface area contributed by atoms with Crippen LogP contribution >= 0.6 is 11.3 Å². The molecule has 0 saturated heterocycles. The molecule has 0 aliphatic carbocycles. The van der Waals surface area contributed by atoms with Crippen molar-refractivity contribution < 1.29 is 4.74 Å². The second-order valence-corrected chi connectivity index (χ2v) is 4.08. The molecule has 0 radical (unpaired) electrons. The SMILES string of the molecule is NCc1cccc(OCc2cncs2)c1. The van der Waals surface area contributed by atoms with Crippen LogP contribution < -0.4 is 10.5 Å². The van der Waals surface area contributed by atoms with Gasteiger partial charge in [-0.15, -0.1) is 11.3 Å². The number of hydrogen-bond donors (Lipinski definition) is 1. The van der Waals surface area contributed by atoms with E-state index in [0.29, 0.717) is 13.2 Å². The zero-order valence-electron chi connectivity index (χ0n) is 8.22. The molecule has 0 aliphatic heterocycles. The second kappa shape index (κ2) is 4.91. The van der Waals surface area contributed by atoms with E-state index in [1.54, 1.807) is 16.8 Å². The number of nitrogens with two attached hydrogens (primary N) is 1. The van der Waals surface area contributed by atoms with Gasteiger partial charge in [0.05, 0.1) is 10.4 Å². The van der Waals surface area contributed by atoms with E-state index >= 15 is 0 Å². The monoisotopic (exact) mass is 220 g/mol. The van der Waals surface area contributed by atoms with Gasteiger partial charge in [0.1, 0.15) is 12.4 Å². The molecule has 2 rings (SSSR count). The summed E-state index contributed by atoms with van der Waals surface area (Å²) in [4.78, 5) is 5.11. The van der Waals surface area contributed by atoms with Gasteiger partial charge >= 0.3 is 0 Å². The molecule has 15 heavy (non-hydrogen) atoms. The minimum atomic E-state index is 0.539. The molecule has 0 atom stereocenters. The Kier molecular flexibility index (Phi) is 3.32. The van der Waals surface area contributed by atoms with Gasteiger partial charge in [-0.25, -0.2) is 0 Å². The molecule has 0 spiro atoms. The third-order valence-electron chi connectivity index (χ3n) is 2.00. The van der Waals surface area contributed by atoms with Crippen LogP contribution in [0.15, 0.2) is 36.0 Å². The van der Waals surface area contributed by atoms with Gasteiger partial charge in [-0.2, -0.15) is 0 Å². The van der Waals surface area contributed by atoms with E-state index in [0.717, 1.165) is 16.2 Å². The summed E-state index contributed by atoms with van der Waals surface area (Å²) < 4.78 is 5.61. The van der Waals surface area contributed by atoms with Crippen molar-refractivity contribution in [2.24, 2.45) is 5.73 Å². The lowest BCUT2D eigenvalue weighted by Crippen LogP contribution is -1.97. The van der Waals surface area contributed by atoms with Gasteiger partial charge in [-0.05, 0) is 17.7 Å². The van der Waals surface area contributed by atoms with E-state index in [1.807, 2.05) is 30.5 Å². The zero-order valence-corrected chi connectivity index (χ0v) is 9.04. The first-order valence-electron chi connectivity index (χ1n) is 4.67. The lowest BCUT2D eigenvalue weighted by atomic mass is 10.2. The maximum atomic E-state index is 5.61. The van der Waals surface area contributed by atoms with Crippen molar-refractivity contribution in [3.8, 4) is 5.75 Å². The van der Waals surface area contributed by atoms with Crippen molar-refractivity contribution in [1.29, 1.82) is 0 Å². The standard InChI is InChI=1S/C11H12N2OS/c12-5-9-2-1-3-10(4-9)14-7-11-6-13-8-15-11/h1-4,6,8H,5,7,12H2. The molecule has 0 saturated carbocycles. The largest absolute Gasteiger partial charge is 0.488 e. The summed E-state index contributed by atoms with van der Waals surface area (Å²) >= 11 is 1.59. The van der Waals surface area contributed by atoms with Crippen molar-refractivity contribution in [3.05, 3.63) is 46.4 Å². The smallest absolute Gasteiger partial charge is 0.124 e. The molecule has 2 aromatic rings. The maximum absolute atomic E-state index is 5.61. The summed E-state index contributed by atoms with van der Waals surface area (Å²) in [6, 6.07) is 7.82. The van der Waals surface area contributed by atoms with Crippen LogP contribution in [0.1, 0.15) is 10.4 Å². The molecular weight excluding hydrogens is 208 g/mol. The van der Waals surface area contributed by atoms with E-state index in [2.05, 4.69) is 4.98 Å². The highest BCUT2D eigenvalue weighted by molar-refractivity contribution is 7.09. The summed E-state index contributed by atoms with van der Waals surface area (Å²) in [5, 5.41) is 0. The van der Waals surface area contributed by atoms with E-state index in [4.69, 9.17) is 10.5 Å². The maximum Gasteiger partial charge on any atom is 0.124 e. The molecule has 78 valence electrons. The van der Waals surface area contributed by atoms with Gasteiger partial charge < -0.3 is 10.5 Å². The number of hydrogen-bond acceptors (Lipinski definition) is 4. The molecule has 1 heterocycles. The molecule has 0 aliphatic rings. The van der Waals surface area contributed by atoms with Gasteiger partial charge in [0.25, 0.3) is 0 Å². The number of aromatic nitrogens is 1. The van der Waals surface area contributed by atoms with E-state index in [1.165, 1.54) is 0 Å². The van der Waals surface area contributed by atoms with Gasteiger partial charge in [0.2, 0.25) is 0 Å². The lowest BCUT2D eigenvalue weighted by Gasteiger charge is -2.05. The average Bonchev–Trinajstić information content (AvgIpc) is 2.79. The first-order chi connectivity index (χ1) is 7.38. The van der Waals surface area contributed by atoms with Gasteiger partial charge in [0.15, 0.2) is 0 Å². The fourth-order valence-electron chi connectivity index (χ4n) is 1.23. The Morgan fingerprint density at radius 3 is 3.07 bits per heavy atom. The summed E-state index contributed by atoms with van der Waals surface area (Å²) in [6.07, 6.45) is 1.82.